The molecule has 150 valence electrons. The average Bonchev–Trinajstić information content (AvgIpc) is 3.48. The maximum Gasteiger partial charge on any atom is 0.229 e. The molecule has 0 radical (unpaired) electrons. The highest BCUT2D eigenvalue weighted by Gasteiger charge is 2.60. The molecule has 6 heteroatoms. The lowest BCUT2D eigenvalue weighted by molar-refractivity contribution is -0.128. The standard InChI is InChI=1S/C22H27NO5/c1-14-5-7-15(8-6-14)12-23-21(25)22(13-24)11-17(22)16-9-18(26-2)20(28-4)19(10-16)27-3/h5-10,17,24H,11-13H2,1-4H3,(H,23,25)/t17-,22+/m0/s1. The lowest BCUT2D eigenvalue weighted by atomic mass is 9.98. The molecule has 1 aliphatic rings. The highest BCUT2D eigenvalue weighted by molar-refractivity contribution is 5.87. The van der Waals surface area contributed by atoms with E-state index < -0.39 is 5.41 Å². The van der Waals surface area contributed by atoms with Crippen LogP contribution in [0.4, 0.5) is 0 Å². The predicted octanol–water partition coefficient (Wildman–Crippen LogP) is 2.80. The molecule has 0 heterocycles. The van der Waals surface area contributed by atoms with Crippen LogP contribution in [0.1, 0.15) is 29.0 Å². The molecule has 0 unspecified atom stereocenters. The minimum absolute atomic E-state index is 0.107. The van der Waals surface area contributed by atoms with Gasteiger partial charge in [-0.05, 0) is 36.6 Å². The number of ether oxygens (including phenoxy) is 3. The third-order valence-corrected chi connectivity index (χ3v) is 5.47. The second-order valence-corrected chi connectivity index (χ2v) is 7.20. The van der Waals surface area contributed by atoms with Crippen LogP contribution < -0.4 is 19.5 Å². The van der Waals surface area contributed by atoms with E-state index in [4.69, 9.17) is 14.2 Å². The van der Waals surface area contributed by atoms with Crippen LogP contribution in [0.5, 0.6) is 17.2 Å². The molecule has 2 atom stereocenters. The number of aliphatic hydroxyl groups excluding tert-OH is 1. The topological polar surface area (TPSA) is 77.0 Å². The maximum atomic E-state index is 12.9. The first-order valence-electron chi connectivity index (χ1n) is 9.23. The van der Waals surface area contributed by atoms with Gasteiger partial charge in [-0.1, -0.05) is 29.8 Å². The molecule has 0 spiro atoms. The third-order valence-electron chi connectivity index (χ3n) is 5.47. The summed E-state index contributed by atoms with van der Waals surface area (Å²) in [4.78, 5) is 12.9. The van der Waals surface area contributed by atoms with Gasteiger partial charge in [-0.25, -0.2) is 0 Å². The van der Waals surface area contributed by atoms with Gasteiger partial charge in [0.25, 0.3) is 0 Å². The Hall–Kier alpha value is -2.73. The maximum absolute atomic E-state index is 12.9. The van der Waals surface area contributed by atoms with Crippen LogP contribution in [-0.2, 0) is 11.3 Å². The average molecular weight is 385 g/mol. The van der Waals surface area contributed by atoms with Gasteiger partial charge in [-0.15, -0.1) is 0 Å². The Bertz CT molecular complexity index is 824. The van der Waals surface area contributed by atoms with Crippen LogP contribution in [-0.4, -0.2) is 38.9 Å². The van der Waals surface area contributed by atoms with Crippen molar-refractivity contribution in [2.45, 2.75) is 25.8 Å². The van der Waals surface area contributed by atoms with Crippen molar-refractivity contribution in [2.75, 3.05) is 27.9 Å². The van der Waals surface area contributed by atoms with Crippen molar-refractivity contribution >= 4 is 5.91 Å². The monoisotopic (exact) mass is 385 g/mol. The van der Waals surface area contributed by atoms with E-state index in [1.54, 1.807) is 21.3 Å². The number of methoxy groups -OCH3 is 3. The lowest BCUT2D eigenvalue weighted by Gasteiger charge is -2.17. The van der Waals surface area contributed by atoms with Gasteiger partial charge >= 0.3 is 0 Å². The number of amides is 1. The minimum Gasteiger partial charge on any atom is -0.493 e. The molecule has 1 amide bonds. The van der Waals surface area contributed by atoms with Crippen molar-refractivity contribution in [1.82, 2.24) is 5.32 Å². The second-order valence-electron chi connectivity index (χ2n) is 7.20. The molecule has 2 aromatic carbocycles. The normalized spacial score (nSPS) is 20.4. The minimum atomic E-state index is -0.824. The van der Waals surface area contributed by atoms with Crippen molar-refractivity contribution in [3.8, 4) is 17.2 Å². The zero-order valence-corrected chi connectivity index (χ0v) is 16.7. The van der Waals surface area contributed by atoms with Crippen molar-refractivity contribution in [2.24, 2.45) is 5.41 Å². The van der Waals surface area contributed by atoms with Gasteiger partial charge in [-0.2, -0.15) is 0 Å². The number of carbonyl (C=O) groups is 1. The number of hydrogen-bond acceptors (Lipinski definition) is 5. The smallest absolute Gasteiger partial charge is 0.229 e. The Balaban J connectivity index is 1.77. The lowest BCUT2D eigenvalue weighted by Crippen LogP contribution is -2.35. The van der Waals surface area contributed by atoms with Gasteiger partial charge in [0.1, 0.15) is 0 Å². The first-order valence-corrected chi connectivity index (χ1v) is 9.23. The van der Waals surface area contributed by atoms with Gasteiger partial charge in [0, 0.05) is 12.5 Å². The Morgan fingerprint density at radius 1 is 1.11 bits per heavy atom. The van der Waals surface area contributed by atoms with E-state index in [1.807, 2.05) is 43.3 Å². The molecule has 0 saturated heterocycles. The first-order chi connectivity index (χ1) is 13.5. The van der Waals surface area contributed by atoms with Gasteiger partial charge in [0.05, 0.1) is 33.4 Å². The molecule has 2 N–H and O–H groups in total. The molecule has 1 fully saturated rings. The fraction of sp³-hybridized carbons (Fsp3) is 0.409. The molecule has 3 rings (SSSR count). The van der Waals surface area contributed by atoms with Gasteiger partial charge in [0.15, 0.2) is 11.5 Å². The van der Waals surface area contributed by atoms with Crippen LogP contribution in [0, 0.1) is 12.3 Å². The summed E-state index contributed by atoms with van der Waals surface area (Å²) in [5.74, 6) is 1.33. The van der Waals surface area contributed by atoms with Crippen LogP contribution >= 0.6 is 0 Å². The van der Waals surface area contributed by atoms with Crippen molar-refractivity contribution in [3.05, 3.63) is 53.1 Å². The molecule has 1 saturated carbocycles. The van der Waals surface area contributed by atoms with Gasteiger partial charge < -0.3 is 24.6 Å². The predicted molar refractivity (Wildman–Crippen MR) is 106 cm³/mol. The van der Waals surface area contributed by atoms with Gasteiger partial charge in [-0.3, -0.25) is 4.79 Å². The van der Waals surface area contributed by atoms with Crippen LogP contribution in [0.3, 0.4) is 0 Å². The fourth-order valence-electron chi connectivity index (χ4n) is 3.61. The first kappa shape index (κ1) is 20.0. The Morgan fingerprint density at radius 2 is 1.71 bits per heavy atom. The van der Waals surface area contributed by atoms with E-state index in [1.165, 1.54) is 5.56 Å². The fourth-order valence-corrected chi connectivity index (χ4v) is 3.61. The SMILES string of the molecule is COc1cc([C@@H]2C[C@]2(CO)C(=O)NCc2ccc(C)cc2)cc(OC)c1OC. The number of hydrogen-bond donors (Lipinski definition) is 2. The summed E-state index contributed by atoms with van der Waals surface area (Å²) < 4.78 is 16.2. The molecule has 28 heavy (non-hydrogen) atoms. The molecule has 6 nitrogen and oxygen atoms in total. The third kappa shape index (κ3) is 3.64. The molecule has 0 aliphatic heterocycles. The van der Waals surface area contributed by atoms with E-state index in [-0.39, 0.29) is 18.4 Å². The van der Waals surface area contributed by atoms with Crippen LogP contribution in [0.25, 0.3) is 0 Å². The summed E-state index contributed by atoms with van der Waals surface area (Å²) in [6, 6.07) is 11.7. The van der Waals surface area contributed by atoms with Crippen molar-refractivity contribution < 1.29 is 24.1 Å². The van der Waals surface area contributed by atoms with E-state index in [0.717, 1.165) is 11.1 Å². The zero-order valence-electron chi connectivity index (χ0n) is 16.7. The van der Waals surface area contributed by atoms with Crippen LogP contribution in [0.15, 0.2) is 36.4 Å². The van der Waals surface area contributed by atoms with E-state index >= 15 is 0 Å². The Kier molecular flexibility index (Phi) is 5.79. The number of benzene rings is 2. The molecular formula is C22H27NO5. The zero-order chi connectivity index (χ0) is 20.3. The molecular weight excluding hydrogens is 358 g/mol. The Labute approximate surface area is 165 Å². The van der Waals surface area contributed by atoms with E-state index in [2.05, 4.69) is 5.32 Å². The van der Waals surface area contributed by atoms with Crippen molar-refractivity contribution in [3.63, 3.8) is 0 Å². The molecule has 0 bridgehead atoms. The van der Waals surface area contributed by atoms with E-state index in [9.17, 15) is 9.90 Å². The molecule has 2 aromatic rings. The highest BCUT2D eigenvalue weighted by atomic mass is 16.5. The number of aliphatic hydroxyl groups is 1. The highest BCUT2D eigenvalue weighted by Crippen LogP contribution is 2.60. The second kappa shape index (κ2) is 8.10. The Morgan fingerprint density at radius 3 is 2.21 bits per heavy atom. The summed E-state index contributed by atoms with van der Waals surface area (Å²) >= 11 is 0. The number of nitrogens with one attached hydrogen (secondary N) is 1. The van der Waals surface area contributed by atoms with Crippen LogP contribution in [0.2, 0.25) is 0 Å². The summed E-state index contributed by atoms with van der Waals surface area (Å²) in [5, 5.41) is 13.0. The summed E-state index contributed by atoms with van der Waals surface area (Å²) in [6.45, 7) is 2.24. The van der Waals surface area contributed by atoms with E-state index in [0.29, 0.717) is 30.2 Å². The quantitative estimate of drug-likeness (QED) is 0.731. The number of aryl methyl sites for hydroxylation is 1. The summed E-state index contributed by atoms with van der Waals surface area (Å²) in [6.07, 6.45) is 0.571. The summed E-state index contributed by atoms with van der Waals surface area (Å²) in [7, 11) is 4.66. The number of carbonyl (C=O) groups excluding carboxylic acids is 1. The summed E-state index contributed by atoms with van der Waals surface area (Å²) in [5.41, 5.74) is 2.26. The van der Waals surface area contributed by atoms with Gasteiger partial charge in [0.2, 0.25) is 11.7 Å². The largest absolute Gasteiger partial charge is 0.493 e. The molecule has 1 aliphatic carbocycles. The van der Waals surface area contributed by atoms with Crippen molar-refractivity contribution in [1.29, 1.82) is 0 Å². The molecule has 0 aromatic heterocycles. The number of rotatable bonds is 8.